The second-order valence-corrected chi connectivity index (χ2v) is 6.78. The van der Waals surface area contributed by atoms with Crippen molar-refractivity contribution >= 4 is 52.9 Å². The standard InChI is InChI=1S/C12H16Cl2N2OS.ClH/c13-10-6-9(11(14)18-10)12(17)16-5-3-8-2-1-4-15-7-8;/h6,8,15H,1-5,7H2,(H,16,17);1H. The summed E-state index contributed by atoms with van der Waals surface area (Å²) in [5, 5.41) is 6.26. The van der Waals surface area contributed by atoms with Crippen LogP contribution in [0.1, 0.15) is 29.6 Å². The topological polar surface area (TPSA) is 41.1 Å². The fourth-order valence-corrected chi connectivity index (χ4v) is 3.61. The maximum atomic E-state index is 11.9. The van der Waals surface area contributed by atoms with Gasteiger partial charge in [-0.3, -0.25) is 4.79 Å². The minimum absolute atomic E-state index is 0. The number of carbonyl (C=O) groups is 1. The zero-order valence-corrected chi connectivity index (χ0v) is 13.5. The van der Waals surface area contributed by atoms with Gasteiger partial charge in [-0.15, -0.1) is 23.7 Å². The second-order valence-electron chi connectivity index (χ2n) is 4.49. The SMILES string of the molecule is Cl.O=C(NCCC1CCCNC1)c1cc(Cl)sc1Cl. The minimum Gasteiger partial charge on any atom is -0.352 e. The Morgan fingerprint density at radius 1 is 1.53 bits per heavy atom. The normalized spacial score (nSPS) is 18.7. The van der Waals surface area contributed by atoms with Crippen LogP contribution in [-0.2, 0) is 0 Å². The van der Waals surface area contributed by atoms with E-state index in [9.17, 15) is 4.79 Å². The van der Waals surface area contributed by atoms with Crippen LogP contribution in [0.5, 0.6) is 0 Å². The highest BCUT2D eigenvalue weighted by Crippen LogP contribution is 2.30. The lowest BCUT2D eigenvalue weighted by molar-refractivity contribution is 0.0951. The quantitative estimate of drug-likeness (QED) is 0.877. The number of rotatable bonds is 4. The van der Waals surface area contributed by atoms with Crippen molar-refractivity contribution in [2.75, 3.05) is 19.6 Å². The van der Waals surface area contributed by atoms with E-state index in [2.05, 4.69) is 10.6 Å². The average molecular weight is 344 g/mol. The van der Waals surface area contributed by atoms with Gasteiger partial charge >= 0.3 is 0 Å². The van der Waals surface area contributed by atoms with E-state index in [0.29, 0.717) is 26.7 Å². The molecule has 0 bridgehead atoms. The maximum absolute atomic E-state index is 11.9. The highest BCUT2D eigenvalue weighted by molar-refractivity contribution is 7.20. The van der Waals surface area contributed by atoms with Crippen LogP contribution in [0.15, 0.2) is 6.07 Å². The summed E-state index contributed by atoms with van der Waals surface area (Å²) < 4.78 is 0.999. The molecule has 108 valence electrons. The number of carbonyl (C=O) groups excluding carboxylic acids is 1. The molecule has 1 aliphatic heterocycles. The minimum atomic E-state index is -0.132. The predicted octanol–water partition coefficient (Wildman–Crippen LogP) is 3.60. The molecule has 0 saturated carbocycles. The van der Waals surface area contributed by atoms with Crippen LogP contribution in [0.2, 0.25) is 8.67 Å². The van der Waals surface area contributed by atoms with E-state index < -0.39 is 0 Å². The monoisotopic (exact) mass is 342 g/mol. The molecule has 0 aromatic carbocycles. The third-order valence-electron chi connectivity index (χ3n) is 3.14. The van der Waals surface area contributed by atoms with Crippen LogP contribution in [0.4, 0.5) is 0 Å². The van der Waals surface area contributed by atoms with Gasteiger partial charge in [0, 0.05) is 6.54 Å². The first-order valence-electron chi connectivity index (χ1n) is 6.10. The summed E-state index contributed by atoms with van der Waals surface area (Å²) in [6.45, 7) is 2.86. The van der Waals surface area contributed by atoms with Crippen molar-refractivity contribution in [2.45, 2.75) is 19.3 Å². The molecule has 0 aliphatic carbocycles. The lowest BCUT2D eigenvalue weighted by atomic mass is 9.96. The van der Waals surface area contributed by atoms with E-state index in [1.54, 1.807) is 6.07 Å². The number of thiophene rings is 1. The Balaban J connectivity index is 0.00000180. The molecule has 1 amide bonds. The largest absolute Gasteiger partial charge is 0.352 e. The van der Waals surface area contributed by atoms with Crippen molar-refractivity contribution in [1.29, 1.82) is 0 Å². The van der Waals surface area contributed by atoms with Gasteiger partial charge in [-0.1, -0.05) is 23.2 Å². The first-order valence-corrected chi connectivity index (χ1v) is 7.68. The van der Waals surface area contributed by atoms with E-state index >= 15 is 0 Å². The average Bonchev–Trinajstić information content (AvgIpc) is 2.70. The lowest BCUT2D eigenvalue weighted by Gasteiger charge is -2.22. The van der Waals surface area contributed by atoms with Crippen molar-refractivity contribution in [2.24, 2.45) is 5.92 Å². The number of hydrogen-bond acceptors (Lipinski definition) is 3. The van der Waals surface area contributed by atoms with Crippen LogP contribution in [0, 0.1) is 5.92 Å². The number of piperidine rings is 1. The van der Waals surface area contributed by atoms with Gasteiger partial charge in [-0.2, -0.15) is 0 Å². The Morgan fingerprint density at radius 3 is 2.89 bits per heavy atom. The number of nitrogens with one attached hydrogen (secondary N) is 2. The molecular formula is C12H17Cl3N2OS. The third-order valence-corrected chi connectivity index (χ3v) is 4.63. The molecule has 0 spiro atoms. The zero-order valence-electron chi connectivity index (χ0n) is 10.4. The Kier molecular flexibility index (Phi) is 7.47. The molecule has 1 aromatic rings. The summed E-state index contributed by atoms with van der Waals surface area (Å²) in [6, 6.07) is 1.62. The molecular weight excluding hydrogens is 327 g/mol. The molecule has 0 radical (unpaired) electrons. The Bertz CT molecular complexity index is 419. The summed E-state index contributed by atoms with van der Waals surface area (Å²) in [4.78, 5) is 11.9. The van der Waals surface area contributed by atoms with Crippen LogP contribution in [-0.4, -0.2) is 25.5 Å². The van der Waals surface area contributed by atoms with Gasteiger partial charge in [0.15, 0.2) is 0 Å². The van der Waals surface area contributed by atoms with Gasteiger partial charge in [0.25, 0.3) is 5.91 Å². The van der Waals surface area contributed by atoms with Crippen molar-refractivity contribution in [3.05, 3.63) is 20.3 Å². The van der Waals surface area contributed by atoms with E-state index in [-0.39, 0.29) is 18.3 Å². The summed E-state index contributed by atoms with van der Waals surface area (Å²) >= 11 is 13.0. The molecule has 1 aliphatic rings. The molecule has 1 unspecified atom stereocenters. The Hall–Kier alpha value is -0.0000000000000000555. The summed E-state index contributed by atoms with van der Waals surface area (Å²) in [6.07, 6.45) is 3.48. The van der Waals surface area contributed by atoms with Gasteiger partial charge in [-0.05, 0) is 44.3 Å². The maximum Gasteiger partial charge on any atom is 0.253 e. The van der Waals surface area contributed by atoms with Gasteiger partial charge in [0.05, 0.1) is 9.90 Å². The van der Waals surface area contributed by atoms with Crippen LogP contribution in [0.3, 0.4) is 0 Å². The first kappa shape index (κ1) is 17.1. The van der Waals surface area contributed by atoms with E-state index in [0.717, 1.165) is 19.5 Å². The van der Waals surface area contributed by atoms with Gasteiger partial charge < -0.3 is 10.6 Å². The Labute approximate surface area is 133 Å². The fraction of sp³-hybridized carbons (Fsp3) is 0.583. The number of hydrogen-bond donors (Lipinski definition) is 2. The van der Waals surface area contributed by atoms with Gasteiger partial charge in [0.1, 0.15) is 4.34 Å². The van der Waals surface area contributed by atoms with E-state index in [1.807, 2.05) is 0 Å². The zero-order chi connectivity index (χ0) is 13.0. The third kappa shape index (κ3) is 5.12. The lowest BCUT2D eigenvalue weighted by Crippen LogP contribution is -2.33. The Morgan fingerprint density at radius 2 is 2.32 bits per heavy atom. The van der Waals surface area contributed by atoms with Crippen molar-refractivity contribution in [3.8, 4) is 0 Å². The number of amides is 1. The predicted molar refractivity (Wildman–Crippen MR) is 84.1 cm³/mol. The molecule has 2 N–H and O–H groups in total. The van der Waals surface area contributed by atoms with Crippen LogP contribution in [0.25, 0.3) is 0 Å². The molecule has 3 nitrogen and oxygen atoms in total. The van der Waals surface area contributed by atoms with Crippen molar-refractivity contribution in [3.63, 3.8) is 0 Å². The molecule has 2 heterocycles. The highest BCUT2D eigenvalue weighted by atomic mass is 35.5. The molecule has 19 heavy (non-hydrogen) atoms. The van der Waals surface area contributed by atoms with Crippen LogP contribution < -0.4 is 10.6 Å². The second kappa shape index (κ2) is 8.32. The van der Waals surface area contributed by atoms with Gasteiger partial charge in [0.2, 0.25) is 0 Å². The molecule has 1 saturated heterocycles. The smallest absolute Gasteiger partial charge is 0.253 e. The summed E-state index contributed by atoms with van der Waals surface area (Å²) in [5.74, 6) is 0.535. The van der Waals surface area contributed by atoms with Gasteiger partial charge in [-0.25, -0.2) is 0 Å². The molecule has 1 atom stereocenters. The van der Waals surface area contributed by atoms with E-state index in [4.69, 9.17) is 23.2 Å². The molecule has 1 aromatic heterocycles. The molecule has 2 rings (SSSR count). The van der Waals surface area contributed by atoms with Crippen molar-refractivity contribution < 1.29 is 4.79 Å². The fourth-order valence-electron chi connectivity index (χ4n) is 2.15. The molecule has 1 fully saturated rings. The van der Waals surface area contributed by atoms with Crippen LogP contribution >= 0.6 is 46.9 Å². The molecule has 7 heteroatoms. The van der Waals surface area contributed by atoms with E-state index in [1.165, 1.54) is 24.2 Å². The first-order chi connectivity index (χ1) is 8.66. The number of halogens is 3. The highest BCUT2D eigenvalue weighted by Gasteiger charge is 2.16. The summed E-state index contributed by atoms with van der Waals surface area (Å²) in [5.41, 5.74) is 0.480. The van der Waals surface area contributed by atoms with Crippen molar-refractivity contribution in [1.82, 2.24) is 10.6 Å². The summed E-state index contributed by atoms with van der Waals surface area (Å²) in [7, 11) is 0.